The third-order valence-electron chi connectivity index (χ3n) is 5.60. The molecule has 0 spiro atoms. The number of ketones is 2. The van der Waals surface area contributed by atoms with E-state index in [4.69, 9.17) is 9.84 Å². The minimum absolute atomic E-state index is 0.157. The fraction of sp³-hybridized carbons (Fsp3) is 0.370. The van der Waals surface area contributed by atoms with Crippen molar-refractivity contribution in [3.05, 3.63) is 70.8 Å². The molecular weight excluding hydrogens is 448 g/mol. The van der Waals surface area contributed by atoms with Crippen LogP contribution in [0.3, 0.4) is 0 Å². The van der Waals surface area contributed by atoms with Crippen molar-refractivity contribution in [1.29, 1.82) is 0 Å². The molecule has 3 N–H and O–H groups in total. The van der Waals surface area contributed by atoms with Gasteiger partial charge in [-0.3, -0.25) is 19.3 Å². The minimum Gasteiger partial charge on any atom is -0.391 e. The molecule has 8 heteroatoms. The molecule has 1 heterocycles. The van der Waals surface area contributed by atoms with Crippen molar-refractivity contribution in [2.75, 3.05) is 39.5 Å². The first-order valence-electron chi connectivity index (χ1n) is 11.5. The van der Waals surface area contributed by atoms with Crippen LogP contribution in [-0.4, -0.2) is 84.2 Å². The molecule has 0 unspecified atom stereocenters. The van der Waals surface area contributed by atoms with E-state index in [1.165, 1.54) is 6.92 Å². The number of amides is 1. The normalized spacial score (nSPS) is 15.4. The predicted molar refractivity (Wildman–Crippen MR) is 130 cm³/mol. The summed E-state index contributed by atoms with van der Waals surface area (Å²) in [6.45, 7) is 3.90. The molecule has 8 nitrogen and oxygen atoms in total. The van der Waals surface area contributed by atoms with Gasteiger partial charge in [0, 0.05) is 36.2 Å². The van der Waals surface area contributed by atoms with Gasteiger partial charge >= 0.3 is 0 Å². The highest BCUT2D eigenvalue weighted by molar-refractivity contribution is 5.98. The first-order chi connectivity index (χ1) is 16.9. The number of Topliss-reactive ketones (excluding diaryl/α,β-unsaturated/α-hetero) is 2. The zero-order chi connectivity index (χ0) is 25.2. The van der Waals surface area contributed by atoms with Gasteiger partial charge in [0.15, 0.2) is 11.6 Å². The lowest BCUT2D eigenvalue weighted by atomic mass is 10.0. The van der Waals surface area contributed by atoms with E-state index in [1.807, 2.05) is 24.3 Å². The summed E-state index contributed by atoms with van der Waals surface area (Å²) < 4.78 is 5.32. The van der Waals surface area contributed by atoms with E-state index in [-0.39, 0.29) is 5.78 Å². The highest BCUT2D eigenvalue weighted by Gasteiger charge is 2.25. The van der Waals surface area contributed by atoms with Crippen molar-refractivity contribution >= 4 is 17.5 Å². The molecule has 0 bridgehead atoms. The van der Waals surface area contributed by atoms with Crippen molar-refractivity contribution in [1.82, 2.24) is 10.2 Å². The maximum absolute atomic E-state index is 12.4. The number of benzene rings is 2. The molecule has 3 rings (SSSR count). The summed E-state index contributed by atoms with van der Waals surface area (Å²) in [5.74, 6) is 5.08. The highest BCUT2D eigenvalue weighted by Crippen LogP contribution is 2.09. The minimum atomic E-state index is -1.18. The van der Waals surface area contributed by atoms with Crippen molar-refractivity contribution < 1.29 is 29.3 Å². The molecule has 1 amide bonds. The number of carbonyl (C=O) groups is 3. The van der Waals surface area contributed by atoms with Gasteiger partial charge in [-0.15, -0.1) is 0 Å². The fourth-order valence-corrected chi connectivity index (χ4v) is 3.69. The molecule has 2 aromatic rings. The monoisotopic (exact) mass is 478 g/mol. The number of hydrogen-bond donors (Lipinski definition) is 3. The van der Waals surface area contributed by atoms with Crippen molar-refractivity contribution in [2.45, 2.75) is 25.5 Å². The smallest absolute Gasteiger partial charge is 0.251 e. The summed E-state index contributed by atoms with van der Waals surface area (Å²) in [4.78, 5) is 38.6. The average Bonchev–Trinajstić information content (AvgIpc) is 2.86. The Morgan fingerprint density at radius 2 is 1.74 bits per heavy atom. The molecule has 184 valence electrons. The summed E-state index contributed by atoms with van der Waals surface area (Å²) in [6.07, 6.45) is -0.780. The quantitative estimate of drug-likeness (QED) is 0.451. The van der Waals surface area contributed by atoms with Gasteiger partial charge in [-0.2, -0.15) is 0 Å². The largest absolute Gasteiger partial charge is 0.391 e. The van der Waals surface area contributed by atoms with Crippen LogP contribution in [0.2, 0.25) is 0 Å². The molecule has 1 fully saturated rings. The molecule has 2 aromatic carbocycles. The molecule has 0 radical (unpaired) electrons. The van der Waals surface area contributed by atoms with E-state index >= 15 is 0 Å². The Kier molecular flexibility index (Phi) is 9.70. The maximum Gasteiger partial charge on any atom is 0.251 e. The van der Waals surface area contributed by atoms with Gasteiger partial charge in [-0.25, -0.2) is 0 Å². The first-order valence-corrected chi connectivity index (χ1v) is 11.5. The fourth-order valence-electron chi connectivity index (χ4n) is 3.69. The third kappa shape index (κ3) is 8.12. The van der Waals surface area contributed by atoms with E-state index in [1.54, 1.807) is 24.3 Å². The molecular formula is C27H30N2O6. The summed E-state index contributed by atoms with van der Waals surface area (Å²) in [7, 11) is 0. The number of morpholine rings is 1. The molecule has 1 saturated heterocycles. The Morgan fingerprint density at radius 1 is 1.06 bits per heavy atom. The Hall–Kier alpha value is -3.35. The lowest BCUT2D eigenvalue weighted by Crippen LogP contribution is -2.48. The van der Waals surface area contributed by atoms with Crippen LogP contribution in [0, 0.1) is 11.8 Å². The third-order valence-corrected chi connectivity index (χ3v) is 5.60. The van der Waals surface area contributed by atoms with Crippen molar-refractivity contribution in [3.8, 4) is 11.8 Å². The topological polar surface area (TPSA) is 116 Å². The Labute approximate surface area is 204 Å². The second-order valence-corrected chi connectivity index (χ2v) is 8.45. The molecule has 0 aliphatic carbocycles. The standard InChI is InChI=1S/C27H30N2O6/c1-19(31)26(25(33)18-30)28-27(34)23-9-7-20(8-10-23)5-6-21-3-2-4-22(15-21)16-24(32)17-29-11-13-35-14-12-29/h2-4,7-10,15,19,26,30-31H,11-14,16-18H2,1H3,(H,28,34)/t19-,26+/m1/s1. The van der Waals surface area contributed by atoms with Crippen LogP contribution in [0.25, 0.3) is 0 Å². The number of hydrogen-bond acceptors (Lipinski definition) is 7. The van der Waals surface area contributed by atoms with E-state index in [0.717, 1.165) is 24.2 Å². The number of carbonyl (C=O) groups excluding carboxylic acids is 3. The predicted octanol–water partition coefficient (Wildman–Crippen LogP) is 0.571. The maximum atomic E-state index is 12.4. The van der Waals surface area contributed by atoms with Gasteiger partial charge in [0.2, 0.25) is 0 Å². The van der Waals surface area contributed by atoms with Gasteiger partial charge in [0.25, 0.3) is 5.91 Å². The van der Waals surface area contributed by atoms with Crippen LogP contribution in [0.1, 0.15) is 34.0 Å². The number of aliphatic hydroxyl groups is 2. The highest BCUT2D eigenvalue weighted by atomic mass is 16.5. The van der Waals surface area contributed by atoms with E-state index in [2.05, 4.69) is 22.1 Å². The Balaban J connectivity index is 1.59. The van der Waals surface area contributed by atoms with Gasteiger partial charge in [-0.1, -0.05) is 24.0 Å². The van der Waals surface area contributed by atoms with Crippen LogP contribution in [0.4, 0.5) is 0 Å². The molecule has 35 heavy (non-hydrogen) atoms. The van der Waals surface area contributed by atoms with E-state index < -0.39 is 30.4 Å². The Bertz CT molecular complexity index is 1090. The molecule has 2 atom stereocenters. The number of aliphatic hydroxyl groups excluding tert-OH is 2. The molecule has 1 aliphatic heterocycles. The SMILES string of the molecule is C[C@@H](O)[C@H](NC(=O)c1ccc(C#Cc2cccc(CC(=O)CN3CCOCC3)c2)cc1)C(=O)CO. The van der Waals surface area contributed by atoms with Crippen LogP contribution in [0.15, 0.2) is 48.5 Å². The average molecular weight is 479 g/mol. The molecule has 0 aromatic heterocycles. The lowest BCUT2D eigenvalue weighted by Gasteiger charge is -2.25. The zero-order valence-electron chi connectivity index (χ0n) is 19.7. The number of nitrogens with zero attached hydrogens (tertiary/aromatic N) is 1. The van der Waals surface area contributed by atoms with E-state index in [0.29, 0.717) is 37.3 Å². The van der Waals surface area contributed by atoms with E-state index in [9.17, 15) is 19.5 Å². The van der Waals surface area contributed by atoms with Crippen LogP contribution in [-0.2, 0) is 20.7 Å². The lowest BCUT2D eigenvalue weighted by molar-refractivity contribution is -0.126. The number of ether oxygens (including phenoxy) is 1. The van der Waals surface area contributed by atoms with Gasteiger partial charge in [0.1, 0.15) is 12.6 Å². The number of rotatable bonds is 9. The van der Waals surface area contributed by atoms with Crippen LogP contribution in [0.5, 0.6) is 0 Å². The van der Waals surface area contributed by atoms with Gasteiger partial charge in [0.05, 0.1) is 25.9 Å². The van der Waals surface area contributed by atoms with Gasteiger partial charge < -0.3 is 20.3 Å². The first kappa shape index (κ1) is 26.3. The zero-order valence-corrected chi connectivity index (χ0v) is 19.7. The van der Waals surface area contributed by atoms with Crippen LogP contribution >= 0.6 is 0 Å². The van der Waals surface area contributed by atoms with Crippen molar-refractivity contribution in [2.24, 2.45) is 0 Å². The Morgan fingerprint density at radius 3 is 2.40 bits per heavy atom. The second kappa shape index (κ2) is 12.9. The number of nitrogens with one attached hydrogen (secondary N) is 1. The van der Waals surface area contributed by atoms with Crippen LogP contribution < -0.4 is 5.32 Å². The van der Waals surface area contributed by atoms with Crippen molar-refractivity contribution in [3.63, 3.8) is 0 Å². The summed E-state index contributed by atoms with van der Waals surface area (Å²) in [5.41, 5.74) is 2.68. The summed E-state index contributed by atoms with van der Waals surface area (Å²) >= 11 is 0. The summed E-state index contributed by atoms with van der Waals surface area (Å²) in [5, 5.41) is 21.1. The second-order valence-electron chi connectivity index (χ2n) is 8.45. The van der Waals surface area contributed by atoms with Gasteiger partial charge in [-0.05, 0) is 48.9 Å². The molecule has 1 aliphatic rings. The molecule has 0 saturated carbocycles. The summed E-state index contributed by atoms with van der Waals surface area (Å²) in [6, 6.07) is 12.9.